The second-order valence-electron chi connectivity index (χ2n) is 4.63. The number of allylic oxidation sites excluding steroid dienone is 1. The van der Waals surface area contributed by atoms with Gasteiger partial charge in [-0.15, -0.1) is 6.58 Å². The van der Waals surface area contributed by atoms with Crippen LogP contribution in [0, 0.1) is 0 Å². The van der Waals surface area contributed by atoms with Gasteiger partial charge in [0.2, 0.25) is 0 Å². The van der Waals surface area contributed by atoms with Crippen LogP contribution < -0.4 is 5.32 Å². The van der Waals surface area contributed by atoms with Crippen molar-refractivity contribution in [3.05, 3.63) is 66.7 Å². The molecule has 2 rings (SSSR count). The summed E-state index contributed by atoms with van der Waals surface area (Å²) in [5.41, 5.74) is 4.34. The van der Waals surface area contributed by atoms with Crippen LogP contribution in [-0.2, 0) is 16.0 Å². The molecule has 2 aromatic rings. The van der Waals surface area contributed by atoms with Crippen LogP contribution in [0.5, 0.6) is 0 Å². The quantitative estimate of drug-likeness (QED) is 0.648. The highest BCUT2D eigenvalue weighted by Crippen LogP contribution is 2.30. The van der Waals surface area contributed by atoms with Crippen molar-refractivity contribution in [2.24, 2.45) is 0 Å². The maximum Gasteiger partial charge on any atom is 0.325 e. The third kappa shape index (κ3) is 3.72. The standard InChI is InChI=1S/C18H19NO2/c1-3-8-14-9-4-5-10-15(14)16-11-6-7-12-17(16)19-13-18(20)21-2/h3-7,9-12,19H,1,8,13H2,2H3. The number of carbonyl (C=O) groups excluding carboxylic acids is 1. The Bertz CT molecular complexity index is 635. The third-order valence-corrected chi connectivity index (χ3v) is 3.25. The number of para-hydroxylation sites is 1. The van der Waals surface area contributed by atoms with Crippen molar-refractivity contribution in [1.29, 1.82) is 0 Å². The summed E-state index contributed by atoms with van der Waals surface area (Å²) in [6, 6.07) is 16.1. The van der Waals surface area contributed by atoms with Gasteiger partial charge in [-0.05, 0) is 23.6 Å². The van der Waals surface area contributed by atoms with Gasteiger partial charge >= 0.3 is 5.97 Å². The molecule has 0 amide bonds. The van der Waals surface area contributed by atoms with Crippen LogP contribution in [0.2, 0.25) is 0 Å². The lowest BCUT2D eigenvalue weighted by atomic mass is 9.96. The highest BCUT2D eigenvalue weighted by atomic mass is 16.5. The van der Waals surface area contributed by atoms with E-state index in [-0.39, 0.29) is 12.5 Å². The second-order valence-corrected chi connectivity index (χ2v) is 4.63. The molecule has 0 unspecified atom stereocenters. The minimum absolute atomic E-state index is 0.150. The van der Waals surface area contributed by atoms with Gasteiger partial charge in [-0.3, -0.25) is 4.79 Å². The van der Waals surface area contributed by atoms with E-state index in [9.17, 15) is 4.79 Å². The minimum atomic E-state index is -0.288. The van der Waals surface area contributed by atoms with Gasteiger partial charge < -0.3 is 10.1 Å². The van der Waals surface area contributed by atoms with Crippen LogP contribution in [0.15, 0.2) is 61.2 Å². The first kappa shape index (κ1) is 14.9. The topological polar surface area (TPSA) is 38.3 Å². The van der Waals surface area contributed by atoms with E-state index < -0.39 is 0 Å². The summed E-state index contributed by atoms with van der Waals surface area (Å²) in [6.45, 7) is 3.96. The van der Waals surface area contributed by atoms with Crippen molar-refractivity contribution in [3.8, 4) is 11.1 Å². The number of rotatable bonds is 6. The molecule has 0 spiro atoms. The van der Waals surface area contributed by atoms with Crippen molar-refractivity contribution >= 4 is 11.7 Å². The zero-order valence-corrected chi connectivity index (χ0v) is 12.1. The van der Waals surface area contributed by atoms with Gasteiger partial charge in [-0.1, -0.05) is 48.5 Å². The largest absolute Gasteiger partial charge is 0.468 e. The fourth-order valence-electron chi connectivity index (χ4n) is 2.23. The lowest BCUT2D eigenvalue weighted by Crippen LogP contribution is -2.15. The molecule has 3 heteroatoms. The average Bonchev–Trinajstić information content (AvgIpc) is 2.54. The summed E-state index contributed by atoms with van der Waals surface area (Å²) in [4.78, 5) is 11.3. The summed E-state index contributed by atoms with van der Waals surface area (Å²) in [5, 5.41) is 3.13. The highest BCUT2D eigenvalue weighted by molar-refractivity contribution is 5.83. The summed E-state index contributed by atoms with van der Waals surface area (Å²) >= 11 is 0. The lowest BCUT2D eigenvalue weighted by Gasteiger charge is -2.14. The summed E-state index contributed by atoms with van der Waals surface area (Å²) in [6.07, 6.45) is 2.70. The summed E-state index contributed by atoms with van der Waals surface area (Å²) < 4.78 is 4.67. The Balaban J connectivity index is 2.35. The number of carbonyl (C=O) groups is 1. The van der Waals surface area contributed by atoms with Crippen LogP contribution in [-0.4, -0.2) is 19.6 Å². The Kier molecular flexibility index (Phi) is 5.16. The van der Waals surface area contributed by atoms with Crippen molar-refractivity contribution in [3.63, 3.8) is 0 Å². The molecule has 108 valence electrons. The van der Waals surface area contributed by atoms with Gasteiger partial charge in [0, 0.05) is 11.3 Å². The van der Waals surface area contributed by atoms with Gasteiger partial charge in [0.1, 0.15) is 6.54 Å². The molecule has 0 atom stereocenters. The number of nitrogens with one attached hydrogen (secondary N) is 1. The number of hydrogen-bond donors (Lipinski definition) is 1. The predicted octanol–water partition coefficient (Wildman–Crippen LogP) is 3.67. The van der Waals surface area contributed by atoms with Gasteiger partial charge in [-0.2, -0.15) is 0 Å². The van der Waals surface area contributed by atoms with E-state index in [0.29, 0.717) is 0 Å². The normalized spacial score (nSPS) is 9.95. The Morgan fingerprint density at radius 3 is 2.52 bits per heavy atom. The molecule has 0 aliphatic heterocycles. The van der Waals surface area contributed by atoms with Gasteiger partial charge in [0.05, 0.1) is 7.11 Å². The van der Waals surface area contributed by atoms with E-state index in [1.165, 1.54) is 12.7 Å². The first-order valence-electron chi connectivity index (χ1n) is 6.85. The van der Waals surface area contributed by atoms with Crippen LogP contribution in [0.3, 0.4) is 0 Å². The number of hydrogen-bond acceptors (Lipinski definition) is 3. The molecule has 0 aromatic heterocycles. The molecule has 2 aromatic carbocycles. The molecule has 21 heavy (non-hydrogen) atoms. The van der Waals surface area contributed by atoms with E-state index in [4.69, 9.17) is 0 Å². The lowest BCUT2D eigenvalue weighted by molar-refractivity contribution is -0.138. The fraction of sp³-hybridized carbons (Fsp3) is 0.167. The molecule has 3 nitrogen and oxygen atoms in total. The molecule has 0 heterocycles. The third-order valence-electron chi connectivity index (χ3n) is 3.25. The van der Waals surface area contributed by atoms with E-state index in [2.05, 4.69) is 28.8 Å². The molecule has 0 fully saturated rings. The zero-order valence-electron chi connectivity index (χ0n) is 12.1. The van der Waals surface area contributed by atoms with Crippen molar-refractivity contribution in [2.75, 3.05) is 19.0 Å². The van der Waals surface area contributed by atoms with Gasteiger partial charge in [0.25, 0.3) is 0 Å². The van der Waals surface area contributed by atoms with Crippen molar-refractivity contribution in [1.82, 2.24) is 0 Å². The van der Waals surface area contributed by atoms with Crippen LogP contribution in [0.4, 0.5) is 5.69 Å². The average molecular weight is 281 g/mol. The number of anilines is 1. The summed E-state index contributed by atoms with van der Waals surface area (Å²) in [7, 11) is 1.38. The molecular weight excluding hydrogens is 262 g/mol. The van der Waals surface area contributed by atoms with Crippen LogP contribution >= 0.6 is 0 Å². The van der Waals surface area contributed by atoms with Gasteiger partial charge in [-0.25, -0.2) is 0 Å². The maximum atomic E-state index is 11.3. The van der Waals surface area contributed by atoms with Crippen molar-refractivity contribution < 1.29 is 9.53 Å². The predicted molar refractivity (Wildman–Crippen MR) is 86.3 cm³/mol. The number of ether oxygens (including phenoxy) is 1. The molecule has 0 saturated carbocycles. The second kappa shape index (κ2) is 7.29. The molecular formula is C18H19NO2. The zero-order chi connectivity index (χ0) is 15.1. The highest BCUT2D eigenvalue weighted by Gasteiger charge is 2.09. The Hall–Kier alpha value is -2.55. The van der Waals surface area contributed by atoms with E-state index >= 15 is 0 Å². The molecule has 0 aliphatic carbocycles. The smallest absolute Gasteiger partial charge is 0.325 e. The van der Waals surface area contributed by atoms with E-state index in [1.807, 2.05) is 42.5 Å². The van der Waals surface area contributed by atoms with Crippen molar-refractivity contribution in [2.45, 2.75) is 6.42 Å². The molecule has 1 N–H and O–H groups in total. The van der Waals surface area contributed by atoms with E-state index in [1.54, 1.807) is 0 Å². The Morgan fingerprint density at radius 2 is 1.81 bits per heavy atom. The summed E-state index contributed by atoms with van der Waals surface area (Å²) in [5.74, 6) is -0.288. The minimum Gasteiger partial charge on any atom is -0.468 e. The first-order chi connectivity index (χ1) is 10.3. The Morgan fingerprint density at radius 1 is 1.14 bits per heavy atom. The maximum absolute atomic E-state index is 11.3. The fourth-order valence-corrected chi connectivity index (χ4v) is 2.23. The molecule has 0 radical (unpaired) electrons. The Labute approximate surface area is 125 Å². The van der Waals surface area contributed by atoms with E-state index in [0.717, 1.165) is 23.2 Å². The number of methoxy groups -OCH3 is 1. The first-order valence-corrected chi connectivity index (χ1v) is 6.85. The van der Waals surface area contributed by atoms with Gasteiger partial charge in [0.15, 0.2) is 0 Å². The van der Waals surface area contributed by atoms with Crippen LogP contribution in [0.25, 0.3) is 11.1 Å². The number of benzene rings is 2. The monoisotopic (exact) mass is 281 g/mol. The SMILES string of the molecule is C=CCc1ccccc1-c1ccccc1NCC(=O)OC. The van der Waals surface area contributed by atoms with Crippen LogP contribution in [0.1, 0.15) is 5.56 Å². The molecule has 0 saturated heterocycles. The molecule has 0 bridgehead atoms. The number of esters is 1. The molecule has 0 aliphatic rings.